The molecule has 0 fully saturated rings. The van der Waals surface area contributed by atoms with Crippen LogP contribution >= 0.6 is 0 Å². The van der Waals surface area contributed by atoms with Gasteiger partial charge in [0.05, 0.1) is 11.3 Å². The molecule has 2 aromatic rings. The summed E-state index contributed by atoms with van der Waals surface area (Å²) >= 11 is 0. The number of aryl methyl sites for hydroxylation is 2. The normalized spacial score (nSPS) is 10.6. The first kappa shape index (κ1) is 12.2. The highest BCUT2D eigenvalue weighted by Crippen LogP contribution is 2.15. The van der Waals surface area contributed by atoms with Crippen molar-refractivity contribution in [1.29, 1.82) is 0 Å². The number of aromatic nitrogens is 4. The second-order valence-electron chi connectivity index (χ2n) is 4.06. The largest absolute Gasteiger partial charge is 0.478 e. The van der Waals surface area contributed by atoms with Crippen LogP contribution in [-0.2, 0) is 6.42 Å². The third kappa shape index (κ3) is 2.22. The van der Waals surface area contributed by atoms with Gasteiger partial charge in [-0.15, -0.1) is 5.10 Å². The Labute approximate surface area is 104 Å². The molecule has 0 amide bonds. The first-order chi connectivity index (χ1) is 8.63. The van der Waals surface area contributed by atoms with Crippen LogP contribution in [0.2, 0.25) is 0 Å². The molecule has 0 aliphatic carbocycles. The average molecular weight is 246 g/mol. The summed E-state index contributed by atoms with van der Waals surface area (Å²) in [5.74, 6) is -0.211. The minimum atomic E-state index is -0.945. The van der Waals surface area contributed by atoms with E-state index in [1.807, 2.05) is 13.0 Å². The lowest BCUT2D eigenvalue weighted by Crippen LogP contribution is -2.06. The van der Waals surface area contributed by atoms with E-state index >= 15 is 0 Å². The topological polar surface area (TPSA) is 80.9 Å². The average Bonchev–Trinajstić information content (AvgIpc) is 2.78. The minimum absolute atomic E-state index is 0.269. The van der Waals surface area contributed by atoms with Crippen molar-refractivity contribution in [2.45, 2.75) is 26.7 Å². The van der Waals surface area contributed by atoms with E-state index in [0.717, 1.165) is 24.2 Å². The third-order valence-corrected chi connectivity index (χ3v) is 2.70. The molecule has 18 heavy (non-hydrogen) atoms. The number of hydrogen-bond donors (Lipinski definition) is 1. The molecule has 94 valence electrons. The van der Waals surface area contributed by atoms with Gasteiger partial charge in [-0.05, 0) is 41.5 Å². The Balaban J connectivity index is 2.47. The summed E-state index contributed by atoms with van der Waals surface area (Å²) in [4.78, 5) is 11.1. The van der Waals surface area contributed by atoms with E-state index in [4.69, 9.17) is 5.11 Å². The van der Waals surface area contributed by atoms with Crippen LogP contribution in [0.5, 0.6) is 0 Å². The first-order valence-electron chi connectivity index (χ1n) is 5.75. The van der Waals surface area contributed by atoms with Gasteiger partial charge in [0.15, 0.2) is 5.82 Å². The van der Waals surface area contributed by atoms with E-state index in [0.29, 0.717) is 5.69 Å². The fourth-order valence-corrected chi connectivity index (χ4v) is 1.76. The van der Waals surface area contributed by atoms with Crippen molar-refractivity contribution in [2.75, 3.05) is 0 Å². The number of benzene rings is 1. The van der Waals surface area contributed by atoms with Crippen molar-refractivity contribution in [3.8, 4) is 5.69 Å². The number of carboxylic acids is 1. The molecule has 6 nitrogen and oxygen atoms in total. The van der Waals surface area contributed by atoms with E-state index in [2.05, 4.69) is 15.5 Å². The molecular weight excluding hydrogens is 232 g/mol. The van der Waals surface area contributed by atoms with Gasteiger partial charge in [-0.2, -0.15) is 4.68 Å². The van der Waals surface area contributed by atoms with Crippen LogP contribution in [0.15, 0.2) is 18.2 Å². The highest BCUT2D eigenvalue weighted by molar-refractivity contribution is 5.90. The number of tetrazole rings is 1. The number of aromatic carboxylic acids is 1. The van der Waals surface area contributed by atoms with Gasteiger partial charge in [0, 0.05) is 6.42 Å². The third-order valence-electron chi connectivity index (χ3n) is 2.70. The molecule has 0 saturated carbocycles. The maximum Gasteiger partial charge on any atom is 0.336 e. The van der Waals surface area contributed by atoms with Gasteiger partial charge in [-0.1, -0.05) is 13.0 Å². The highest BCUT2D eigenvalue weighted by Gasteiger charge is 2.12. The molecule has 0 saturated heterocycles. The highest BCUT2D eigenvalue weighted by atomic mass is 16.4. The van der Waals surface area contributed by atoms with Gasteiger partial charge in [0.25, 0.3) is 0 Å². The minimum Gasteiger partial charge on any atom is -0.478 e. The molecular formula is C12H14N4O2. The van der Waals surface area contributed by atoms with Gasteiger partial charge in [-0.25, -0.2) is 4.79 Å². The Bertz CT molecular complexity index is 577. The van der Waals surface area contributed by atoms with Crippen molar-refractivity contribution in [3.63, 3.8) is 0 Å². The summed E-state index contributed by atoms with van der Waals surface area (Å²) in [6, 6.07) is 5.17. The molecule has 1 aromatic heterocycles. The summed E-state index contributed by atoms with van der Waals surface area (Å²) in [5.41, 5.74) is 1.66. The van der Waals surface area contributed by atoms with Crippen molar-refractivity contribution in [2.24, 2.45) is 0 Å². The second kappa shape index (κ2) is 4.95. The molecule has 2 rings (SSSR count). The molecule has 1 heterocycles. The van der Waals surface area contributed by atoms with Crippen LogP contribution in [0.25, 0.3) is 5.69 Å². The van der Waals surface area contributed by atoms with Gasteiger partial charge < -0.3 is 5.11 Å². The van der Waals surface area contributed by atoms with Crippen molar-refractivity contribution in [1.82, 2.24) is 20.2 Å². The number of carboxylic acid groups (broad SMARTS) is 1. The van der Waals surface area contributed by atoms with E-state index < -0.39 is 5.97 Å². The molecule has 0 atom stereocenters. The summed E-state index contributed by atoms with van der Waals surface area (Å²) in [6.45, 7) is 3.80. The maximum atomic E-state index is 11.1. The number of nitrogens with zero attached hydrogens (tertiary/aromatic N) is 4. The predicted octanol–water partition coefficient (Wildman–Crippen LogP) is 1.62. The second-order valence-corrected chi connectivity index (χ2v) is 4.06. The van der Waals surface area contributed by atoms with Crippen molar-refractivity contribution < 1.29 is 9.90 Å². The number of carbonyl (C=O) groups is 1. The van der Waals surface area contributed by atoms with Gasteiger partial charge in [0.1, 0.15) is 0 Å². The Morgan fingerprint density at radius 1 is 1.44 bits per heavy atom. The summed E-state index contributed by atoms with van der Waals surface area (Å²) in [7, 11) is 0. The van der Waals surface area contributed by atoms with E-state index in [1.54, 1.807) is 23.7 Å². The van der Waals surface area contributed by atoms with Gasteiger partial charge in [0.2, 0.25) is 0 Å². The zero-order chi connectivity index (χ0) is 13.1. The summed E-state index contributed by atoms with van der Waals surface area (Å²) < 4.78 is 1.58. The van der Waals surface area contributed by atoms with Crippen LogP contribution in [0.4, 0.5) is 0 Å². The van der Waals surface area contributed by atoms with E-state index in [1.165, 1.54) is 0 Å². The van der Waals surface area contributed by atoms with E-state index in [9.17, 15) is 4.79 Å². The summed E-state index contributed by atoms with van der Waals surface area (Å²) in [5, 5.41) is 20.6. The number of rotatable bonds is 4. The predicted molar refractivity (Wildman–Crippen MR) is 64.8 cm³/mol. The fraction of sp³-hybridized carbons (Fsp3) is 0.333. The molecule has 1 aromatic carbocycles. The quantitative estimate of drug-likeness (QED) is 0.886. The standard InChI is InChI=1S/C12H14N4O2/c1-3-4-11-13-14-15-16(11)9-6-5-8(2)10(7-9)12(17)18/h5-7H,3-4H2,1-2H3,(H,17,18). The van der Waals surface area contributed by atoms with Crippen LogP contribution in [0.1, 0.15) is 35.1 Å². The molecule has 0 spiro atoms. The Kier molecular flexibility index (Phi) is 3.36. The molecule has 0 aliphatic heterocycles. The first-order valence-corrected chi connectivity index (χ1v) is 5.75. The molecule has 0 bridgehead atoms. The van der Waals surface area contributed by atoms with Crippen molar-refractivity contribution >= 4 is 5.97 Å². The smallest absolute Gasteiger partial charge is 0.336 e. The molecule has 0 unspecified atom stereocenters. The lowest BCUT2D eigenvalue weighted by Gasteiger charge is -2.06. The number of hydrogen-bond acceptors (Lipinski definition) is 4. The molecule has 0 aliphatic rings. The lowest BCUT2D eigenvalue weighted by atomic mass is 10.1. The monoisotopic (exact) mass is 246 g/mol. The lowest BCUT2D eigenvalue weighted by molar-refractivity contribution is 0.0696. The maximum absolute atomic E-state index is 11.1. The Hall–Kier alpha value is -2.24. The zero-order valence-electron chi connectivity index (χ0n) is 10.3. The van der Waals surface area contributed by atoms with Crippen LogP contribution in [-0.4, -0.2) is 31.3 Å². The SMILES string of the molecule is CCCc1nnnn1-c1ccc(C)c(C(=O)O)c1. The van der Waals surface area contributed by atoms with E-state index in [-0.39, 0.29) is 5.56 Å². The van der Waals surface area contributed by atoms with Crippen LogP contribution in [0.3, 0.4) is 0 Å². The Morgan fingerprint density at radius 2 is 2.22 bits per heavy atom. The summed E-state index contributed by atoms with van der Waals surface area (Å²) in [6.07, 6.45) is 1.68. The molecule has 1 N–H and O–H groups in total. The van der Waals surface area contributed by atoms with Gasteiger partial charge in [-0.3, -0.25) is 0 Å². The van der Waals surface area contributed by atoms with Crippen LogP contribution in [0, 0.1) is 6.92 Å². The fourth-order valence-electron chi connectivity index (χ4n) is 1.76. The zero-order valence-corrected chi connectivity index (χ0v) is 10.3. The van der Waals surface area contributed by atoms with Crippen LogP contribution < -0.4 is 0 Å². The van der Waals surface area contributed by atoms with Gasteiger partial charge >= 0.3 is 5.97 Å². The molecule has 6 heteroatoms. The molecule has 0 radical (unpaired) electrons. The van der Waals surface area contributed by atoms with Crippen molar-refractivity contribution in [3.05, 3.63) is 35.2 Å². The Morgan fingerprint density at radius 3 is 2.89 bits per heavy atom.